The van der Waals surface area contributed by atoms with Crippen LogP contribution < -0.4 is 0 Å². The van der Waals surface area contributed by atoms with E-state index >= 15 is 0 Å². The molecule has 1 fully saturated rings. The Morgan fingerprint density at radius 2 is 2.04 bits per heavy atom. The molecule has 4 unspecified atom stereocenters. The van der Waals surface area contributed by atoms with Crippen LogP contribution in [0.3, 0.4) is 0 Å². The molecule has 3 nitrogen and oxygen atoms in total. The van der Waals surface area contributed by atoms with Gasteiger partial charge >= 0.3 is 5.97 Å². The molecule has 136 valence electrons. The molecule has 0 spiro atoms. The topological polar surface area (TPSA) is 46.5 Å². The molecule has 0 heterocycles. The number of esters is 1. The van der Waals surface area contributed by atoms with Gasteiger partial charge in [-0.15, -0.1) is 0 Å². The highest BCUT2D eigenvalue weighted by atomic mass is 16.5. The molecule has 1 N–H and O–H groups in total. The zero-order valence-electron chi connectivity index (χ0n) is 15.9. The van der Waals surface area contributed by atoms with E-state index in [0.717, 1.165) is 19.3 Å². The van der Waals surface area contributed by atoms with E-state index < -0.39 is 5.41 Å². The minimum atomic E-state index is -0.451. The molecule has 0 radical (unpaired) electrons. The molecule has 0 aliphatic heterocycles. The SMILES string of the molecule is C/C=C/C1CC2C=CC(C)[C@H](CO)[C@H]2C(OC(=O)C(C)(C)CC)C1. The average Bonchev–Trinajstić information content (AvgIpc) is 2.55. The zero-order valence-corrected chi connectivity index (χ0v) is 15.9. The smallest absolute Gasteiger partial charge is 0.311 e. The number of fused-ring (bicyclic) bond motifs is 1. The average molecular weight is 335 g/mol. The second kappa shape index (κ2) is 7.86. The fourth-order valence-electron chi connectivity index (χ4n) is 4.23. The molecule has 1 saturated carbocycles. The van der Waals surface area contributed by atoms with Crippen LogP contribution in [0.5, 0.6) is 0 Å². The first-order valence-electron chi connectivity index (χ1n) is 9.47. The van der Waals surface area contributed by atoms with E-state index in [-0.39, 0.29) is 30.5 Å². The Morgan fingerprint density at radius 1 is 1.33 bits per heavy atom. The summed E-state index contributed by atoms with van der Waals surface area (Å²) >= 11 is 0. The lowest BCUT2D eigenvalue weighted by atomic mass is 9.61. The maximum Gasteiger partial charge on any atom is 0.311 e. The van der Waals surface area contributed by atoms with Gasteiger partial charge in [-0.3, -0.25) is 4.79 Å². The van der Waals surface area contributed by atoms with E-state index in [2.05, 4.69) is 31.2 Å². The van der Waals surface area contributed by atoms with Crippen LogP contribution in [-0.4, -0.2) is 23.8 Å². The lowest BCUT2D eigenvalue weighted by Crippen LogP contribution is -2.47. The second-order valence-electron chi connectivity index (χ2n) is 8.27. The number of aliphatic hydroxyl groups is 1. The highest BCUT2D eigenvalue weighted by Crippen LogP contribution is 2.46. The van der Waals surface area contributed by atoms with Crippen LogP contribution in [0.25, 0.3) is 0 Å². The van der Waals surface area contributed by atoms with Crippen molar-refractivity contribution in [2.75, 3.05) is 6.61 Å². The number of carbonyl (C=O) groups is 1. The van der Waals surface area contributed by atoms with E-state index in [9.17, 15) is 9.90 Å². The van der Waals surface area contributed by atoms with Crippen molar-refractivity contribution in [2.45, 2.75) is 60.0 Å². The molecule has 0 aromatic heterocycles. The van der Waals surface area contributed by atoms with Crippen molar-refractivity contribution in [1.82, 2.24) is 0 Å². The zero-order chi connectivity index (χ0) is 17.9. The number of allylic oxidation sites excluding steroid dienone is 4. The second-order valence-corrected chi connectivity index (χ2v) is 8.27. The van der Waals surface area contributed by atoms with Gasteiger partial charge in [-0.25, -0.2) is 0 Å². The molecule has 0 saturated heterocycles. The van der Waals surface area contributed by atoms with Crippen molar-refractivity contribution < 1.29 is 14.6 Å². The van der Waals surface area contributed by atoms with E-state index in [0.29, 0.717) is 17.8 Å². The number of hydrogen-bond donors (Lipinski definition) is 1. The Kier molecular flexibility index (Phi) is 6.30. The van der Waals surface area contributed by atoms with Crippen molar-refractivity contribution in [1.29, 1.82) is 0 Å². The van der Waals surface area contributed by atoms with E-state index in [1.807, 2.05) is 27.7 Å². The minimum Gasteiger partial charge on any atom is -0.462 e. The van der Waals surface area contributed by atoms with E-state index in [1.54, 1.807) is 0 Å². The predicted octanol–water partition coefficient (Wildman–Crippen LogP) is 4.37. The van der Waals surface area contributed by atoms with Gasteiger partial charge in [-0.2, -0.15) is 0 Å². The van der Waals surface area contributed by atoms with Crippen LogP contribution >= 0.6 is 0 Å². The van der Waals surface area contributed by atoms with Gasteiger partial charge in [0.15, 0.2) is 0 Å². The Hall–Kier alpha value is -1.09. The summed E-state index contributed by atoms with van der Waals surface area (Å²) in [6.07, 6.45) is 11.5. The van der Waals surface area contributed by atoms with Crippen molar-refractivity contribution in [2.24, 2.45) is 35.0 Å². The van der Waals surface area contributed by atoms with Crippen molar-refractivity contribution >= 4 is 5.97 Å². The molecule has 2 aliphatic carbocycles. The van der Waals surface area contributed by atoms with Crippen molar-refractivity contribution in [3.8, 4) is 0 Å². The van der Waals surface area contributed by atoms with Gasteiger partial charge in [0.25, 0.3) is 0 Å². The summed E-state index contributed by atoms with van der Waals surface area (Å²) in [4.78, 5) is 12.7. The summed E-state index contributed by atoms with van der Waals surface area (Å²) in [5.41, 5.74) is -0.451. The molecule has 0 amide bonds. The molecular weight excluding hydrogens is 300 g/mol. The molecule has 2 rings (SSSR count). The first-order chi connectivity index (χ1) is 11.3. The van der Waals surface area contributed by atoms with Gasteiger partial charge in [0.1, 0.15) is 6.10 Å². The maximum atomic E-state index is 12.7. The third kappa shape index (κ3) is 3.93. The van der Waals surface area contributed by atoms with Gasteiger partial charge in [0.2, 0.25) is 0 Å². The quantitative estimate of drug-likeness (QED) is 0.600. The normalized spacial score (nSPS) is 36.6. The highest BCUT2D eigenvalue weighted by Gasteiger charge is 2.46. The Labute approximate surface area is 147 Å². The summed E-state index contributed by atoms with van der Waals surface area (Å²) in [6.45, 7) is 10.3. The predicted molar refractivity (Wildman–Crippen MR) is 97.3 cm³/mol. The number of hydrogen-bond acceptors (Lipinski definition) is 3. The summed E-state index contributed by atoms with van der Waals surface area (Å²) < 4.78 is 6.06. The number of rotatable bonds is 5. The van der Waals surface area contributed by atoms with E-state index in [4.69, 9.17) is 4.74 Å². The Morgan fingerprint density at radius 3 is 2.62 bits per heavy atom. The number of ether oxygens (including phenoxy) is 1. The van der Waals surface area contributed by atoms with Crippen LogP contribution in [0.15, 0.2) is 24.3 Å². The first kappa shape index (κ1) is 19.2. The third-order valence-corrected chi connectivity index (χ3v) is 6.24. The first-order valence-corrected chi connectivity index (χ1v) is 9.47. The lowest BCUT2D eigenvalue weighted by molar-refractivity contribution is -0.170. The maximum absolute atomic E-state index is 12.7. The minimum absolute atomic E-state index is 0.103. The molecule has 24 heavy (non-hydrogen) atoms. The van der Waals surface area contributed by atoms with Crippen LogP contribution in [0.1, 0.15) is 53.9 Å². The Balaban J connectivity index is 2.26. The fraction of sp³-hybridized carbons (Fsp3) is 0.762. The van der Waals surface area contributed by atoms with Gasteiger partial charge in [0, 0.05) is 12.5 Å². The van der Waals surface area contributed by atoms with Gasteiger partial charge in [-0.1, -0.05) is 38.2 Å². The monoisotopic (exact) mass is 334 g/mol. The number of aliphatic hydroxyl groups excluding tert-OH is 1. The number of carbonyl (C=O) groups excluding carboxylic acids is 1. The summed E-state index contributed by atoms with van der Waals surface area (Å²) in [7, 11) is 0. The van der Waals surface area contributed by atoms with Crippen molar-refractivity contribution in [3.05, 3.63) is 24.3 Å². The summed E-state index contributed by atoms with van der Waals surface area (Å²) in [6, 6.07) is 0. The highest BCUT2D eigenvalue weighted by molar-refractivity contribution is 5.76. The van der Waals surface area contributed by atoms with Crippen LogP contribution in [0, 0.1) is 35.0 Å². The summed E-state index contributed by atoms with van der Waals surface area (Å²) in [5, 5.41) is 9.94. The van der Waals surface area contributed by atoms with Gasteiger partial charge < -0.3 is 9.84 Å². The standard InChI is InChI=1S/C21H34O3/c1-6-8-15-11-16-10-9-14(3)17(13-22)19(16)18(12-15)24-20(23)21(4,5)7-2/h6,8-10,14-19,22H,7,11-13H2,1-5H3/b8-6+/t14?,15?,16?,17-,18?,19-/m0/s1. The molecule has 6 atom stereocenters. The van der Waals surface area contributed by atoms with Crippen molar-refractivity contribution in [3.63, 3.8) is 0 Å². The fourth-order valence-corrected chi connectivity index (χ4v) is 4.23. The molecule has 3 heteroatoms. The van der Waals surface area contributed by atoms with Crippen LogP contribution in [0.4, 0.5) is 0 Å². The van der Waals surface area contributed by atoms with E-state index in [1.165, 1.54) is 0 Å². The van der Waals surface area contributed by atoms with Crippen LogP contribution in [0.2, 0.25) is 0 Å². The summed E-state index contributed by atoms with van der Waals surface area (Å²) in [5.74, 6) is 1.46. The Bertz CT molecular complexity index is 491. The third-order valence-electron chi connectivity index (χ3n) is 6.24. The molecule has 0 aromatic rings. The largest absolute Gasteiger partial charge is 0.462 e. The van der Waals surface area contributed by atoms with Gasteiger partial charge in [-0.05, 0) is 63.7 Å². The molecular formula is C21H34O3. The molecule has 0 aromatic carbocycles. The van der Waals surface area contributed by atoms with Crippen LogP contribution in [-0.2, 0) is 9.53 Å². The molecule has 0 bridgehead atoms. The molecule has 2 aliphatic rings. The van der Waals surface area contributed by atoms with Gasteiger partial charge in [0.05, 0.1) is 5.41 Å². The lowest BCUT2D eigenvalue weighted by Gasteiger charge is -2.47.